The minimum absolute atomic E-state index is 0.518. The molecule has 1 aromatic heterocycles. The zero-order valence-corrected chi connectivity index (χ0v) is 11.6. The van der Waals surface area contributed by atoms with Crippen molar-refractivity contribution in [3.05, 3.63) is 65.1 Å². The number of hydrogen-bond acceptors (Lipinski definition) is 3. The Morgan fingerprint density at radius 1 is 0.947 bits per heavy atom. The smallest absolute Gasteiger partial charge is 0.188 e. The molecule has 0 fully saturated rings. The Morgan fingerprint density at radius 2 is 1.68 bits per heavy atom. The first-order valence-corrected chi connectivity index (χ1v) is 7.11. The summed E-state index contributed by atoms with van der Waals surface area (Å²) < 4.78 is 0. The Labute approximate surface area is 120 Å². The average Bonchev–Trinajstić information content (AvgIpc) is 2.86. The fraction of sp³-hybridized carbons (Fsp3) is 0. The van der Waals surface area contributed by atoms with Gasteiger partial charge in [-0.15, -0.1) is 11.3 Å². The van der Waals surface area contributed by atoms with Gasteiger partial charge in [0, 0.05) is 16.6 Å². The minimum atomic E-state index is 0.518. The lowest BCUT2D eigenvalue weighted by molar-refractivity contribution is 1.39. The number of aromatic nitrogens is 1. The van der Waals surface area contributed by atoms with Gasteiger partial charge in [-0.25, -0.2) is 4.98 Å². The van der Waals surface area contributed by atoms with Gasteiger partial charge in [0.1, 0.15) is 5.15 Å². The average molecular weight is 287 g/mol. The van der Waals surface area contributed by atoms with Gasteiger partial charge in [-0.1, -0.05) is 60.1 Å². The molecule has 0 radical (unpaired) electrons. The maximum atomic E-state index is 5.84. The summed E-state index contributed by atoms with van der Waals surface area (Å²) in [5, 5.41) is 6.45. The minimum Gasteiger partial charge on any atom is -0.331 e. The van der Waals surface area contributed by atoms with Crippen LogP contribution in [0.5, 0.6) is 0 Å². The van der Waals surface area contributed by atoms with E-state index in [4.69, 9.17) is 11.6 Å². The molecular formula is C15H11ClN2S. The molecule has 0 saturated heterocycles. The molecule has 94 valence electrons. The molecule has 1 N–H and O–H groups in total. The van der Waals surface area contributed by atoms with Crippen molar-refractivity contribution in [1.29, 1.82) is 0 Å². The van der Waals surface area contributed by atoms with Crippen LogP contribution in [0.15, 0.2) is 60.0 Å². The standard InChI is InChI=1S/C15H11ClN2S/c16-14-10-19-15(18-14)17-13-9-5-4-8-12(13)11-6-2-1-3-7-11/h1-10H,(H,17,18). The first-order valence-electron chi connectivity index (χ1n) is 5.85. The van der Waals surface area contributed by atoms with Gasteiger partial charge < -0.3 is 5.32 Å². The molecule has 3 rings (SSSR count). The van der Waals surface area contributed by atoms with Crippen molar-refractivity contribution >= 4 is 33.8 Å². The van der Waals surface area contributed by atoms with Gasteiger partial charge in [-0.3, -0.25) is 0 Å². The van der Waals surface area contributed by atoms with E-state index in [1.165, 1.54) is 16.9 Å². The van der Waals surface area contributed by atoms with Crippen molar-refractivity contribution in [3.8, 4) is 11.1 Å². The molecule has 0 aliphatic heterocycles. The van der Waals surface area contributed by atoms with Crippen molar-refractivity contribution in [1.82, 2.24) is 4.98 Å². The number of benzene rings is 2. The second-order valence-corrected chi connectivity index (χ2v) is 5.26. The molecule has 0 aliphatic rings. The van der Waals surface area contributed by atoms with Crippen molar-refractivity contribution in [2.75, 3.05) is 5.32 Å². The molecule has 0 bridgehead atoms. The van der Waals surface area contributed by atoms with E-state index in [1.54, 1.807) is 0 Å². The predicted octanol–water partition coefficient (Wildman–Crippen LogP) is 5.21. The molecule has 1 heterocycles. The fourth-order valence-electron chi connectivity index (χ4n) is 1.89. The number of rotatable bonds is 3. The van der Waals surface area contributed by atoms with Crippen LogP contribution in [0.1, 0.15) is 0 Å². The molecule has 0 spiro atoms. The van der Waals surface area contributed by atoms with Crippen molar-refractivity contribution in [2.24, 2.45) is 0 Å². The summed E-state index contributed by atoms with van der Waals surface area (Å²) in [4.78, 5) is 4.21. The molecule has 0 aliphatic carbocycles. The lowest BCUT2D eigenvalue weighted by Gasteiger charge is -2.10. The predicted molar refractivity (Wildman–Crippen MR) is 82.3 cm³/mol. The number of anilines is 2. The maximum Gasteiger partial charge on any atom is 0.188 e. The van der Waals surface area contributed by atoms with Crippen LogP contribution >= 0.6 is 22.9 Å². The van der Waals surface area contributed by atoms with Crippen LogP contribution in [0, 0.1) is 0 Å². The molecular weight excluding hydrogens is 276 g/mol. The van der Waals surface area contributed by atoms with Crippen LogP contribution in [-0.4, -0.2) is 4.98 Å². The number of nitrogens with one attached hydrogen (secondary N) is 1. The number of halogens is 1. The first-order chi connectivity index (χ1) is 9.33. The van der Waals surface area contributed by atoms with Crippen molar-refractivity contribution in [3.63, 3.8) is 0 Å². The van der Waals surface area contributed by atoms with Gasteiger partial charge in [-0.2, -0.15) is 0 Å². The normalized spacial score (nSPS) is 10.4. The Balaban J connectivity index is 1.98. The van der Waals surface area contributed by atoms with Crippen LogP contribution in [0.3, 0.4) is 0 Å². The van der Waals surface area contributed by atoms with E-state index in [1.807, 2.05) is 41.8 Å². The molecule has 19 heavy (non-hydrogen) atoms. The molecule has 0 atom stereocenters. The van der Waals surface area contributed by atoms with Crippen molar-refractivity contribution in [2.45, 2.75) is 0 Å². The van der Waals surface area contributed by atoms with Crippen LogP contribution < -0.4 is 5.32 Å². The molecule has 3 aromatic rings. The molecule has 0 amide bonds. The van der Waals surface area contributed by atoms with E-state index < -0.39 is 0 Å². The summed E-state index contributed by atoms with van der Waals surface area (Å²) in [7, 11) is 0. The van der Waals surface area contributed by atoms with Gasteiger partial charge in [0.2, 0.25) is 0 Å². The molecule has 2 aromatic carbocycles. The second kappa shape index (κ2) is 5.43. The third-order valence-corrected chi connectivity index (χ3v) is 3.81. The summed E-state index contributed by atoms with van der Waals surface area (Å²) in [6.45, 7) is 0. The Bertz CT molecular complexity index is 679. The highest BCUT2D eigenvalue weighted by atomic mass is 35.5. The van der Waals surface area contributed by atoms with Gasteiger partial charge in [-0.05, 0) is 11.6 Å². The fourth-order valence-corrected chi connectivity index (χ4v) is 2.74. The van der Waals surface area contributed by atoms with E-state index in [-0.39, 0.29) is 0 Å². The molecule has 2 nitrogen and oxygen atoms in total. The molecule has 4 heteroatoms. The quantitative estimate of drug-likeness (QED) is 0.715. The van der Waals surface area contributed by atoms with Gasteiger partial charge in [0.25, 0.3) is 0 Å². The summed E-state index contributed by atoms with van der Waals surface area (Å²) in [6, 6.07) is 18.4. The Kier molecular flexibility index (Phi) is 3.49. The highest BCUT2D eigenvalue weighted by Crippen LogP contribution is 2.31. The van der Waals surface area contributed by atoms with Crippen LogP contribution in [-0.2, 0) is 0 Å². The highest BCUT2D eigenvalue weighted by molar-refractivity contribution is 7.14. The summed E-state index contributed by atoms with van der Waals surface area (Å²) in [6.07, 6.45) is 0. The lowest BCUT2D eigenvalue weighted by Crippen LogP contribution is -1.92. The van der Waals surface area contributed by atoms with E-state index in [0.717, 1.165) is 16.4 Å². The summed E-state index contributed by atoms with van der Waals surface area (Å²) in [5.41, 5.74) is 3.35. The molecule has 0 saturated carbocycles. The number of nitrogens with zero attached hydrogens (tertiary/aromatic N) is 1. The topological polar surface area (TPSA) is 24.9 Å². The van der Waals surface area contributed by atoms with Crippen LogP contribution in [0.4, 0.5) is 10.8 Å². The Hall–Kier alpha value is -1.84. The van der Waals surface area contributed by atoms with Gasteiger partial charge in [0.15, 0.2) is 5.13 Å². The zero-order chi connectivity index (χ0) is 13.1. The van der Waals surface area contributed by atoms with Crippen molar-refractivity contribution < 1.29 is 0 Å². The third kappa shape index (κ3) is 2.78. The van der Waals surface area contributed by atoms with Crippen LogP contribution in [0.25, 0.3) is 11.1 Å². The van der Waals surface area contributed by atoms with E-state index in [0.29, 0.717) is 5.15 Å². The number of thiazole rings is 1. The number of hydrogen-bond donors (Lipinski definition) is 1. The van der Waals surface area contributed by atoms with E-state index in [2.05, 4.69) is 28.5 Å². The first kappa shape index (κ1) is 12.2. The highest BCUT2D eigenvalue weighted by Gasteiger charge is 2.06. The largest absolute Gasteiger partial charge is 0.331 e. The zero-order valence-electron chi connectivity index (χ0n) is 10.0. The molecule has 0 unspecified atom stereocenters. The number of para-hydroxylation sites is 1. The maximum absolute atomic E-state index is 5.84. The summed E-state index contributed by atoms with van der Waals surface area (Å²) in [5.74, 6) is 0. The lowest BCUT2D eigenvalue weighted by atomic mass is 10.0. The monoisotopic (exact) mass is 286 g/mol. The SMILES string of the molecule is Clc1csc(Nc2ccccc2-c2ccccc2)n1. The van der Waals surface area contributed by atoms with E-state index >= 15 is 0 Å². The van der Waals surface area contributed by atoms with Gasteiger partial charge >= 0.3 is 0 Å². The van der Waals surface area contributed by atoms with Crippen LogP contribution in [0.2, 0.25) is 5.15 Å². The third-order valence-electron chi connectivity index (χ3n) is 2.73. The second-order valence-electron chi connectivity index (χ2n) is 4.01. The van der Waals surface area contributed by atoms with E-state index in [9.17, 15) is 0 Å². The van der Waals surface area contributed by atoms with Gasteiger partial charge in [0.05, 0.1) is 0 Å². The Morgan fingerprint density at radius 3 is 2.42 bits per heavy atom. The summed E-state index contributed by atoms with van der Waals surface area (Å²) >= 11 is 7.34.